The normalized spacial score (nSPS) is 19.7. The standard InChI is InChI=1S/C26H30N2O3/c1-4-16-27-25(30)24-19(3)28(17-5-2)26(31,21-14-10-7-11-15-21)22(24)18-23(29)20-12-8-6-9-13-20/h6-15,18,31H,4-5,16-17H2,1-3H3,(H,27,30)/b22-18-. The lowest BCUT2D eigenvalue weighted by molar-refractivity contribution is -0.117. The van der Waals surface area contributed by atoms with E-state index in [0.717, 1.165) is 12.8 Å². The molecule has 2 aromatic rings. The van der Waals surface area contributed by atoms with Gasteiger partial charge in [-0.3, -0.25) is 9.59 Å². The quantitative estimate of drug-likeness (QED) is 0.499. The van der Waals surface area contributed by atoms with Gasteiger partial charge in [0, 0.05) is 35.5 Å². The molecule has 162 valence electrons. The molecular weight excluding hydrogens is 388 g/mol. The van der Waals surface area contributed by atoms with E-state index >= 15 is 0 Å². The highest BCUT2D eigenvalue weighted by atomic mass is 16.3. The molecular formula is C26H30N2O3. The van der Waals surface area contributed by atoms with Crippen LogP contribution in [0, 0.1) is 0 Å². The zero-order valence-electron chi connectivity index (χ0n) is 18.4. The maximum Gasteiger partial charge on any atom is 0.253 e. The number of nitrogens with zero attached hydrogens (tertiary/aromatic N) is 1. The number of rotatable bonds is 8. The third-order valence-electron chi connectivity index (χ3n) is 5.52. The monoisotopic (exact) mass is 418 g/mol. The van der Waals surface area contributed by atoms with Crippen molar-refractivity contribution in [2.75, 3.05) is 13.1 Å². The Morgan fingerprint density at radius 3 is 2.19 bits per heavy atom. The summed E-state index contributed by atoms with van der Waals surface area (Å²) in [4.78, 5) is 28.1. The predicted molar refractivity (Wildman–Crippen MR) is 122 cm³/mol. The summed E-state index contributed by atoms with van der Waals surface area (Å²) in [7, 11) is 0. The molecule has 2 N–H and O–H groups in total. The van der Waals surface area contributed by atoms with Crippen molar-refractivity contribution >= 4 is 11.7 Å². The number of allylic oxidation sites excluding steroid dienone is 2. The zero-order valence-corrected chi connectivity index (χ0v) is 18.4. The van der Waals surface area contributed by atoms with Crippen molar-refractivity contribution in [1.29, 1.82) is 0 Å². The van der Waals surface area contributed by atoms with Gasteiger partial charge in [-0.25, -0.2) is 0 Å². The number of carbonyl (C=O) groups is 2. The molecule has 1 aliphatic heterocycles. The van der Waals surface area contributed by atoms with E-state index in [-0.39, 0.29) is 11.7 Å². The Bertz CT molecular complexity index is 996. The molecule has 5 nitrogen and oxygen atoms in total. The Morgan fingerprint density at radius 2 is 1.61 bits per heavy atom. The maximum absolute atomic E-state index is 13.2. The first-order chi connectivity index (χ1) is 14.9. The Kier molecular flexibility index (Phi) is 7.08. The van der Waals surface area contributed by atoms with Crippen molar-refractivity contribution in [2.24, 2.45) is 0 Å². The van der Waals surface area contributed by atoms with Gasteiger partial charge in [0.1, 0.15) is 0 Å². The molecule has 2 aromatic carbocycles. The lowest BCUT2D eigenvalue weighted by Gasteiger charge is -2.38. The second-order valence-electron chi connectivity index (χ2n) is 7.69. The van der Waals surface area contributed by atoms with E-state index in [9.17, 15) is 14.7 Å². The van der Waals surface area contributed by atoms with Crippen LogP contribution in [-0.2, 0) is 10.5 Å². The van der Waals surface area contributed by atoms with Gasteiger partial charge in [-0.15, -0.1) is 0 Å². The lowest BCUT2D eigenvalue weighted by Crippen LogP contribution is -2.43. The molecule has 1 atom stereocenters. The fourth-order valence-electron chi connectivity index (χ4n) is 4.03. The number of carbonyl (C=O) groups excluding carboxylic acids is 2. The maximum atomic E-state index is 13.2. The van der Waals surface area contributed by atoms with Crippen molar-refractivity contribution in [3.63, 3.8) is 0 Å². The van der Waals surface area contributed by atoms with Gasteiger partial charge < -0.3 is 15.3 Å². The molecule has 1 aliphatic rings. The van der Waals surface area contributed by atoms with E-state index in [1.165, 1.54) is 6.08 Å². The highest BCUT2D eigenvalue weighted by molar-refractivity contribution is 6.08. The van der Waals surface area contributed by atoms with Crippen LogP contribution in [0.25, 0.3) is 0 Å². The van der Waals surface area contributed by atoms with Gasteiger partial charge in [0.15, 0.2) is 11.5 Å². The van der Waals surface area contributed by atoms with E-state index in [1.54, 1.807) is 24.3 Å². The van der Waals surface area contributed by atoms with Gasteiger partial charge in [0.2, 0.25) is 0 Å². The number of aliphatic hydroxyl groups is 1. The van der Waals surface area contributed by atoms with Gasteiger partial charge in [-0.05, 0) is 25.8 Å². The molecule has 5 heteroatoms. The van der Waals surface area contributed by atoms with Crippen molar-refractivity contribution < 1.29 is 14.7 Å². The summed E-state index contributed by atoms with van der Waals surface area (Å²) in [5.74, 6) is -0.531. The number of ketones is 1. The Labute approximate surface area is 184 Å². The first-order valence-corrected chi connectivity index (χ1v) is 10.8. The Balaban J connectivity index is 2.21. The molecule has 0 saturated carbocycles. The van der Waals surface area contributed by atoms with Crippen molar-refractivity contribution in [3.05, 3.63) is 94.7 Å². The number of hydrogen-bond acceptors (Lipinski definition) is 4. The summed E-state index contributed by atoms with van der Waals surface area (Å²) in [6, 6.07) is 18.1. The van der Waals surface area contributed by atoms with Crippen LogP contribution >= 0.6 is 0 Å². The summed E-state index contributed by atoms with van der Waals surface area (Å²) in [6.45, 7) is 6.89. The summed E-state index contributed by atoms with van der Waals surface area (Å²) in [5, 5.41) is 15.0. The molecule has 0 fully saturated rings. The largest absolute Gasteiger partial charge is 0.363 e. The Morgan fingerprint density at radius 1 is 1.00 bits per heavy atom. The third kappa shape index (κ3) is 4.32. The van der Waals surface area contributed by atoms with Crippen LogP contribution in [0.4, 0.5) is 0 Å². The van der Waals surface area contributed by atoms with Crippen LogP contribution < -0.4 is 5.32 Å². The summed E-state index contributed by atoms with van der Waals surface area (Å²) in [6.07, 6.45) is 2.99. The van der Waals surface area contributed by atoms with E-state index < -0.39 is 5.72 Å². The number of nitrogens with one attached hydrogen (secondary N) is 1. The molecule has 0 radical (unpaired) electrons. The van der Waals surface area contributed by atoms with Crippen LogP contribution in [0.1, 0.15) is 49.5 Å². The van der Waals surface area contributed by atoms with E-state index in [0.29, 0.717) is 41.1 Å². The van der Waals surface area contributed by atoms with Gasteiger partial charge in [-0.1, -0.05) is 74.5 Å². The van der Waals surface area contributed by atoms with Gasteiger partial charge in [0.25, 0.3) is 5.91 Å². The molecule has 1 amide bonds. The predicted octanol–water partition coefficient (Wildman–Crippen LogP) is 4.17. The van der Waals surface area contributed by atoms with E-state index in [2.05, 4.69) is 5.32 Å². The van der Waals surface area contributed by atoms with Gasteiger partial charge in [0.05, 0.1) is 5.57 Å². The minimum absolute atomic E-state index is 0.253. The van der Waals surface area contributed by atoms with Crippen LogP contribution in [-0.4, -0.2) is 34.8 Å². The summed E-state index contributed by atoms with van der Waals surface area (Å²) >= 11 is 0. The van der Waals surface area contributed by atoms with Crippen LogP contribution in [0.2, 0.25) is 0 Å². The van der Waals surface area contributed by atoms with E-state index in [4.69, 9.17) is 0 Å². The van der Waals surface area contributed by atoms with Crippen LogP contribution in [0.3, 0.4) is 0 Å². The molecule has 1 unspecified atom stereocenters. The highest BCUT2D eigenvalue weighted by Gasteiger charge is 2.49. The second kappa shape index (κ2) is 9.75. The number of amides is 1. The van der Waals surface area contributed by atoms with E-state index in [1.807, 2.05) is 62.1 Å². The average Bonchev–Trinajstić information content (AvgIpc) is 3.01. The average molecular weight is 419 g/mol. The fraction of sp³-hybridized carbons (Fsp3) is 0.308. The SMILES string of the molecule is CCCNC(=O)C1=C(C)N(CCC)C(O)(c2ccccc2)/C1=C\C(=O)c1ccccc1. The highest BCUT2D eigenvalue weighted by Crippen LogP contribution is 2.47. The summed E-state index contributed by atoms with van der Waals surface area (Å²) in [5.41, 5.74) is 0.849. The molecule has 0 bridgehead atoms. The van der Waals surface area contributed by atoms with Gasteiger partial charge in [-0.2, -0.15) is 0 Å². The summed E-state index contributed by atoms with van der Waals surface area (Å²) < 4.78 is 0. The molecule has 1 heterocycles. The molecule has 31 heavy (non-hydrogen) atoms. The fourth-order valence-corrected chi connectivity index (χ4v) is 4.03. The molecule has 0 aromatic heterocycles. The molecule has 3 rings (SSSR count). The van der Waals surface area contributed by atoms with Crippen molar-refractivity contribution in [3.8, 4) is 0 Å². The first-order valence-electron chi connectivity index (χ1n) is 10.8. The number of benzene rings is 2. The minimum Gasteiger partial charge on any atom is -0.363 e. The molecule has 0 aliphatic carbocycles. The molecule has 0 spiro atoms. The van der Waals surface area contributed by atoms with Crippen molar-refractivity contribution in [2.45, 2.75) is 39.3 Å². The minimum atomic E-state index is -1.61. The van der Waals surface area contributed by atoms with Crippen LogP contribution in [0.5, 0.6) is 0 Å². The van der Waals surface area contributed by atoms with Crippen molar-refractivity contribution in [1.82, 2.24) is 10.2 Å². The third-order valence-corrected chi connectivity index (χ3v) is 5.52. The second-order valence-corrected chi connectivity index (χ2v) is 7.69. The number of hydrogen-bond donors (Lipinski definition) is 2. The van der Waals surface area contributed by atoms with Crippen LogP contribution in [0.15, 0.2) is 83.6 Å². The smallest absolute Gasteiger partial charge is 0.253 e. The zero-order chi connectivity index (χ0) is 22.4. The van der Waals surface area contributed by atoms with Gasteiger partial charge >= 0.3 is 0 Å². The Hall–Kier alpha value is -3.18. The molecule has 0 saturated heterocycles. The topological polar surface area (TPSA) is 69.6 Å². The first kappa shape index (κ1) is 22.5. The lowest BCUT2D eigenvalue weighted by atomic mass is 9.89.